The number of carbonyl (C=O) groups excluding carboxylic acids is 1. The van der Waals surface area contributed by atoms with Gasteiger partial charge in [-0.25, -0.2) is 0 Å². The van der Waals surface area contributed by atoms with Gasteiger partial charge in [0.15, 0.2) is 5.78 Å². The maximum Gasteiger partial charge on any atom is 0.193 e. The van der Waals surface area contributed by atoms with Gasteiger partial charge in [0.05, 0.1) is 7.11 Å². The molecule has 3 nitrogen and oxygen atoms in total. The van der Waals surface area contributed by atoms with Crippen molar-refractivity contribution in [2.75, 3.05) is 12.8 Å². The van der Waals surface area contributed by atoms with Crippen molar-refractivity contribution in [2.24, 2.45) is 0 Å². The van der Waals surface area contributed by atoms with Crippen LogP contribution < -0.4 is 10.5 Å². The summed E-state index contributed by atoms with van der Waals surface area (Å²) >= 11 is 0. The fraction of sp³-hybridized carbons (Fsp3) is 0.188. The first-order valence-electron chi connectivity index (χ1n) is 6.23. The first kappa shape index (κ1) is 13.1. The summed E-state index contributed by atoms with van der Waals surface area (Å²) in [7, 11) is 1.63. The highest BCUT2D eigenvalue weighted by atomic mass is 16.5. The van der Waals surface area contributed by atoms with Crippen LogP contribution in [0.25, 0.3) is 0 Å². The molecule has 0 aliphatic carbocycles. The number of methoxy groups -OCH3 is 1. The molecule has 0 aliphatic heterocycles. The van der Waals surface area contributed by atoms with E-state index in [1.165, 1.54) is 0 Å². The van der Waals surface area contributed by atoms with Crippen molar-refractivity contribution in [2.45, 2.75) is 13.3 Å². The van der Waals surface area contributed by atoms with E-state index in [1.807, 2.05) is 19.1 Å². The Morgan fingerprint density at radius 2 is 1.74 bits per heavy atom. The Bertz CT molecular complexity index is 588. The molecule has 0 atom stereocenters. The topological polar surface area (TPSA) is 52.3 Å². The molecule has 2 aromatic rings. The minimum atomic E-state index is -0.00245. The van der Waals surface area contributed by atoms with E-state index in [0.29, 0.717) is 16.8 Å². The molecule has 0 fully saturated rings. The monoisotopic (exact) mass is 255 g/mol. The van der Waals surface area contributed by atoms with Gasteiger partial charge in [-0.15, -0.1) is 0 Å². The number of nitrogens with two attached hydrogens (primary N) is 1. The van der Waals surface area contributed by atoms with Gasteiger partial charge in [0.25, 0.3) is 0 Å². The van der Waals surface area contributed by atoms with Crippen LogP contribution in [0.15, 0.2) is 42.5 Å². The van der Waals surface area contributed by atoms with E-state index in [0.717, 1.165) is 17.7 Å². The van der Waals surface area contributed by atoms with Crippen molar-refractivity contribution in [3.63, 3.8) is 0 Å². The number of rotatable bonds is 4. The summed E-state index contributed by atoms with van der Waals surface area (Å²) in [5.74, 6) is 0.814. The SMILES string of the molecule is CCc1cc(C(=O)c2ccc(N)cc2)ccc1OC. The second-order valence-electron chi connectivity index (χ2n) is 4.33. The van der Waals surface area contributed by atoms with Gasteiger partial charge in [-0.3, -0.25) is 4.79 Å². The van der Waals surface area contributed by atoms with Crippen LogP contribution in [-0.2, 0) is 6.42 Å². The third-order valence-electron chi connectivity index (χ3n) is 3.10. The molecule has 98 valence electrons. The van der Waals surface area contributed by atoms with E-state index >= 15 is 0 Å². The molecule has 3 heteroatoms. The average molecular weight is 255 g/mol. The highest BCUT2D eigenvalue weighted by Crippen LogP contribution is 2.22. The van der Waals surface area contributed by atoms with Gasteiger partial charge in [-0.2, -0.15) is 0 Å². The number of benzene rings is 2. The largest absolute Gasteiger partial charge is 0.496 e. The van der Waals surface area contributed by atoms with E-state index in [1.54, 1.807) is 37.4 Å². The Morgan fingerprint density at radius 3 is 2.32 bits per heavy atom. The number of nitrogen functional groups attached to an aromatic ring is 1. The van der Waals surface area contributed by atoms with Crippen molar-refractivity contribution >= 4 is 11.5 Å². The Morgan fingerprint density at radius 1 is 1.11 bits per heavy atom. The zero-order valence-corrected chi connectivity index (χ0v) is 11.1. The lowest BCUT2D eigenvalue weighted by molar-refractivity contribution is 0.103. The molecule has 0 bridgehead atoms. The standard InChI is InChI=1S/C16H17NO2/c1-3-11-10-13(6-9-15(11)19-2)16(18)12-4-7-14(17)8-5-12/h4-10H,3,17H2,1-2H3. The normalized spacial score (nSPS) is 10.2. The molecule has 0 amide bonds. The number of ketones is 1. The molecule has 0 aromatic heterocycles. The predicted molar refractivity (Wildman–Crippen MR) is 76.7 cm³/mol. The molecule has 0 spiro atoms. The fourth-order valence-corrected chi connectivity index (χ4v) is 2.00. The number of anilines is 1. The summed E-state index contributed by atoms with van der Waals surface area (Å²) in [4.78, 5) is 12.3. The average Bonchev–Trinajstić information content (AvgIpc) is 2.46. The van der Waals surface area contributed by atoms with Crippen molar-refractivity contribution in [1.82, 2.24) is 0 Å². The number of carbonyl (C=O) groups is 1. The van der Waals surface area contributed by atoms with Crippen molar-refractivity contribution in [3.8, 4) is 5.75 Å². The molecule has 2 aromatic carbocycles. The Balaban J connectivity index is 2.36. The highest BCUT2D eigenvalue weighted by Gasteiger charge is 2.11. The number of hydrogen-bond donors (Lipinski definition) is 1. The van der Waals surface area contributed by atoms with Crippen LogP contribution in [0.2, 0.25) is 0 Å². The quantitative estimate of drug-likeness (QED) is 0.674. The van der Waals surface area contributed by atoms with E-state index < -0.39 is 0 Å². The molecule has 2 N–H and O–H groups in total. The van der Waals surface area contributed by atoms with E-state index in [4.69, 9.17) is 10.5 Å². The number of hydrogen-bond acceptors (Lipinski definition) is 3. The minimum Gasteiger partial charge on any atom is -0.496 e. The summed E-state index contributed by atoms with van der Waals surface area (Å²) in [5, 5.41) is 0. The van der Waals surface area contributed by atoms with Crippen molar-refractivity contribution in [3.05, 3.63) is 59.2 Å². The molecule has 0 heterocycles. The molecule has 2 rings (SSSR count). The minimum absolute atomic E-state index is 0.00245. The molecule has 0 aliphatic rings. The zero-order valence-electron chi connectivity index (χ0n) is 11.1. The van der Waals surface area contributed by atoms with Crippen LogP contribution in [0.4, 0.5) is 5.69 Å². The van der Waals surface area contributed by atoms with Crippen LogP contribution in [-0.4, -0.2) is 12.9 Å². The van der Waals surface area contributed by atoms with Gasteiger partial charge in [0.2, 0.25) is 0 Å². The lowest BCUT2D eigenvalue weighted by atomic mass is 10.00. The van der Waals surface area contributed by atoms with Crippen molar-refractivity contribution < 1.29 is 9.53 Å². The van der Waals surface area contributed by atoms with Gasteiger partial charge in [-0.1, -0.05) is 6.92 Å². The first-order valence-corrected chi connectivity index (χ1v) is 6.23. The lowest BCUT2D eigenvalue weighted by Crippen LogP contribution is -2.03. The number of ether oxygens (including phenoxy) is 1. The molecule has 0 radical (unpaired) electrons. The van der Waals surface area contributed by atoms with E-state index in [2.05, 4.69) is 0 Å². The predicted octanol–water partition coefficient (Wildman–Crippen LogP) is 3.07. The zero-order chi connectivity index (χ0) is 13.8. The summed E-state index contributed by atoms with van der Waals surface area (Å²) in [6.07, 6.45) is 0.825. The molecular weight excluding hydrogens is 238 g/mol. The van der Waals surface area contributed by atoms with Crippen LogP contribution in [0.5, 0.6) is 5.75 Å². The van der Waals surface area contributed by atoms with Crippen LogP contribution in [0.3, 0.4) is 0 Å². The first-order chi connectivity index (χ1) is 9.15. The maximum atomic E-state index is 12.3. The fourth-order valence-electron chi connectivity index (χ4n) is 2.00. The van der Waals surface area contributed by atoms with Crippen LogP contribution >= 0.6 is 0 Å². The van der Waals surface area contributed by atoms with Gasteiger partial charge < -0.3 is 10.5 Å². The van der Waals surface area contributed by atoms with Gasteiger partial charge in [0.1, 0.15) is 5.75 Å². The van der Waals surface area contributed by atoms with E-state index in [9.17, 15) is 4.79 Å². The van der Waals surface area contributed by atoms with Gasteiger partial charge in [0, 0.05) is 16.8 Å². The van der Waals surface area contributed by atoms with Gasteiger partial charge >= 0.3 is 0 Å². The third kappa shape index (κ3) is 2.76. The van der Waals surface area contributed by atoms with Crippen LogP contribution in [0, 0.1) is 0 Å². The van der Waals surface area contributed by atoms with Crippen molar-refractivity contribution in [1.29, 1.82) is 0 Å². The van der Waals surface area contributed by atoms with Gasteiger partial charge in [-0.05, 0) is 54.4 Å². The van der Waals surface area contributed by atoms with Crippen LogP contribution in [0.1, 0.15) is 28.4 Å². The summed E-state index contributed by atoms with van der Waals surface area (Å²) < 4.78 is 5.26. The summed E-state index contributed by atoms with van der Waals surface area (Å²) in [5.41, 5.74) is 8.61. The maximum absolute atomic E-state index is 12.3. The Kier molecular flexibility index (Phi) is 3.85. The number of aryl methyl sites for hydroxylation is 1. The molecule has 0 unspecified atom stereocenters. The molecule has 0 saturated carbocycles. The van der Waals surface area contributed by atoms with E-state index in [-0.39, 0.29) is 5.78 Å². The Hall–Kier alpha value is -2.29. The smallest absolute Gasteiger partial charge is 0.193 e. The Labute approximate surface area is 113 Å². The molecular formula is C16H17NO2. The highest BCUT2D eigenvalue weighted by molar-refractivity contribution is 6.09. The second-order valence-corrected chi connectivity index (χ2v) is 4.33. The molecule has 19 heavy (non-hydrogen) atoms. The molecule has 0 saturated heterocycles. The summed E-state index contributed by atoms with van der Waals surface area (Å²) in [6.45, 7) is 2.04. The third-order valence-corrected chi connectivity index (χ3v) is 3.10. The second kappa shape index (κ2) is 5.57. The summed E-state index contributed by atoms with van der Waals surface area (Å²) in [6, 6.07) is 12.5. The lowest BCUT2D eigenvalue weighted by Gasteiger charge is -2.09.